The Morgan fingerprint density at radius 1 is 1.11 bits per heavy atom. The second-order valence-corrected chi connectivity index (χ2v) is 9.99. The summed E-state index contributed by atoms with van der Waals surface area (Å²) in [5, 5.41) is 3.38. The van der Waals surface area contributed by atoms with E-state index in [-0.39, 0.29) is 35.2 Å². The number of nitrogens with one attached hydrogen (secondary N) is 2. The molecule has 0 bridgehead atoms. The second-order valence-electron chi connectivity index (χ2n) is 8.34. The zero-order valence-electron chi connectivity index (χ0n) is 20.1. The number of unbranched alkanes of at least 4 members (excludes halogenated alkanes) is 1. The number of benzene rings is 2. The molecule has 1 heterocycles. The molecule has 192 valence electrons. The molecule has 2 N–H and O–H groups in total. The molecular formula is C26H35ClN2O5S. The molecule has 0 aliphatic carbocycles. The van der Waals surface area contributed by atoms with Crippen molar-refractivity contribution in [3.8, 4) is 11.5 Å². The van der Waals surface area contributed by atoms with Gasteiger partial charge in [0.15, 0.2) is 5.75 Å². The minimum absolute atomic E-state index is 0. The third-order valence-electron chi connectivity index (χ3n) is 5.89. The number of sulfonamides is 1. The fourth-order valence-electron chi connectivity index (χ4n) is 3.98. The third kappa shape index (κ3) is 8.26. The van der Waals surface area contributed by atoms with E-state index < -0.39 is 16.0 Å². The van der Waals surface area contributed by atoms with Crippen molar-refractivity contribution in [2.24, 2.45) is 5.92 Å². The number of hydrogen-bond donors (Lipinski definition) is 2. The Bertz CT molecular complexity index is 1080. The Morgan fingerprint density at radius 2 is 1.83 bits per heavy atom. The van der Waals surface area contributed by atoms with Crippen LogP contribution in [0.3, 0.4) is 0 Å². The molecule has 0 amide bonds. The van der Waals surface area contributed by atoms with Gasteiger partial charge in [-0.1, -0.05) is 50.3 Å². The third-order valence-corrected chi connectivity index (χ3v) is 7.31. The first-order valence-electron chi connectivity index (χ1n) is 11.9. The maximum atomic E-state index is 13.2. The zero-order chi connectivity index (χ0) is 24.4. The monoisotopic (exact) mass is 522 g/mol. The van der Waals surface area contributed by atoms with Crippen LogP contribution in [-0.4, -0.2) is 34.1 Å². The molecule has 9 heteroatoms. The van der Waals surface area contributed by atoms with Gasteiger partial charge >= 0.3 is 5.97 Å². The van der Waals surface area contributed by atoms with E-state index in [9.17, 15) is 13.2 Å². The van der Waals surface area contributed by atoms with Crippen LogP contribution in [0.1, 0.15) is 51.0 Å². The molecule has 3 rings (SSSR count). The number of ether oxygens (including phenoxy) is 2. The van der Waals surface area contributed by atoms with E-state index in [2.05, 4.69) is 16.6 Å². The average Bonchev–Trinajstić information content (AvgIpc) is 2.85. The molecule has 0 radical (unpaired) electrons. The topological polar surface area (TPSA) is 93.7 Å². The first-order chi connectivity index (χ1) is 16.4. The van der Waals surface area contributed by atoms with Crippen molar-refractivity contribution >= 4 is 40.2 Å². The summed E-state index contributed by atoms with van der Waals surface area (Å²) in [6.07, 6.45) is 7.13. The van der Waals surface area contributed by atoms with E-state index in [4.69, 9.17) is 9.47 Å². The number of rotatable bonds is 12. The summed E-state index contributed by atoms with van der Waals surface area (Å²) in [7, 11) is -3.99. The molecule has 0 aromatic heterocycles. The van der Waals surface area contributed by atoms with Gasteiger partial charge < -0.3 is 14.8 Å². The Labute approximate surface area is 214 Å². The SMILES string of the molecule is C=Cc1ccccc1S(=O)(=O)Nc1c(OCCCCC2CCNCC2)cccc1OC(=O)CC.Cl. The molecule has 0 atom stereocenters. The molecule has 0 unspecified atom stereocenters. The van der Waals surface area contributed by atoms with Crippen molar-refractivity contribution in [3.05, 3.63) is 54.6 Å². The van der Waals surface area contributed by atoms with Gasteiger partial charge in [0.25, 0.3) is 10.0 Å². The van der Waals surface area contributed by atoms with E-state index in [1.165, 1.54) is 25.0 Å². The highest BCUT2D eigenvalue weighted by Gasteiger charge is 2.23. The molecule has 1 aliphatic heterocycles. The van der Waals surface area contributed by atoms with Gasteiger partial charge in [-0.2, -0.15) is 0 Å². The van der Waals surface area contributed by atoms with Gasteiger partial charge in [0.05, 0.1) is 11.5 Å². The van der Waals surface area contributed by atoms with Crippen molar-refractivity contribution in [2.45, 2.75) is 50.3 Å². The Morgan fingerprint density at radius 3 is 2.54 bits per heavy atom. The number of hydrogen-bond acceptors (Lipinski definition) is 6. The van der Waals surface area contributed by atoms with E-state index >= 15 is 0 Å². The lowest BCUT2D eigenvalue weighted by molar-refractivity contribution is -0.133. The molecule has 1 aliphatic rings. The van der Waals surface area contributed by atoms with Crippen LogP contribution in [0.4, 0.5) is 5.69 Å². The van der Waals surface area contributed by atoms with Crippen LogP contribution < -0.4 is 19.5 Å². The summed E-state index contributed by atoms with van der Waals surface area (Å²) in [4.78, 5) is 12.1. The largest absolute Gasteiger partial charge is 0.491 e. The molecule has 2 aromatic rings. The van der Waals surface area contributed by atoms with Crippen molar-refractivity contribution in [1.82, 2.24) is 5.32 Å². The van der Waals surface area contributed by atoms with E-state index in [0.717, 1.165) is 38.3 Å². The first kappa shape index (κ1) is 28.7. The highest BCUT2D eigenvalue weighted by Crippen LogP contribution is 2.37. The highest BCUT2D eigenvalue weighted by atomic mass is 35.5. The smallest absolute Gasteiger partial charge is 0.310 e. The predicted molar refractivity (Wildman–Crippen MR) is 142 cm³/mol. The van der Waals surface area contributed by atoms with Gasteiger partial charge in [0.2, 0.25) is 0 Å². The lowest BCUT2D eigenvalue weighted by Crippen LogP contribution is -2.27. The zero-order valence-corrected chi connectivity index (χ0v) is 21.8. The van der Waals surface area contributed by atoms with Crippen LogP contribution in [-0.2, 0) is 14.8 Å². The van der Waals surface area contributed by atoms with Crippen LogP contribution in [0.2, 0.25) is 0 Å². The number of carbonyl (C=O) groups is 1. The van der Waals surface area contributed by atoms with Crippen LogP contribution in [0.15, 0.2) is 53.9 Å². The van der Waals surface area contributed by atoms with Gasteiger partial charge in [0, 0.05) is 6.42 Å². The van der Waals surface area contributed by atoms with Crippen molar-refractivity contribution < 1.29 is 22.7 Å². The standard InChI is InChI=1S/C26H34N2O5S.ClH/c1-3-21-11-5-6-14-24(21)34(30,31)28-26-22(12-9-13-23(26)33-25(29)4-2)32-19-8-7-10-20-15-17-27-18-16-20;/h3,5-6,9,11-14,20,27-28H,1,4,7-8,10,15-19H2,2H3;1H. The first-order valence-corrected chi connectivity index (χ1v) is 13.3. The fourth-order valence-corrected chi connectivity index (χ4v) is 5.28. The summed E-state index contributed by atoms with van der Waals surface area (Å²) in [5.41, 5.74) is 0.583. The van der Waals surface area contributed by atoms with Gasteiger partial charge in [0.1, 0.15) is 11.4 Å². The van der Waals surface area contributed by atoms with Gasteiger partial charge in [-0.3, -0.25) is 9.52 Å². The van der Waals surface area contributed by atoms with E-state index in [1.807, 2.05) is 0 Å². The quantitative estimate of drug-likeness (QED) is 0.220. The van der Waals surface area contributed by atoms with Crippen molar-refractivity contribution in [1.29, 1.82) is 0 Å². The minimum Gasteiger partial charge on any atom is -0.491 e. The summed E-state index contributed by atoms with van der Waals surface area (Å²) in [6, 6.07) is 11.5. The van der Waals surface area contributed by atoms with Crippen LogP contribution in [0.5, 0.6) is 11.5 Å². The van der Waals surface area contributed by atoms with Gasteiger partial charge in [-0.15, -0.1) is 12.4 Å². The summed E-state index contributed by atoms with van der Waals surface area (Å²) < 4.78 is 40.4. The van der Waals surface area contributed by atoms with Crippen LogP contribution >= 0.6 is 12.4 Å². The van der Waals surface area contributed by atoms with E-state index in [0.29, 0.717) is 17.9 Å². The molecule has 1 fully saturated rings. The minimum atomic E-state index is -3.99. The van der Waals surface area contributed by atoms with Crippen LogP contribution in [0.25, 0.3) is 6.08 Å². The van der Waals surface area contributed by atoms with Gasteiger partial charge in [-0.25, -0.2) is 8.42 Å². The molecule has 35 heavy (non-hydrogen) atoms. The maximum absolute atomic E-state index is 13.2. The van der Waals surface area contributed by atoms with E-state index in [1.54, 1.807) is 43.3 Å². The Hall–Kier alpha value is -2.55. The molecule has 2 aromatic carbocycles. The molecule has 0 spiro atoms. The number of anilines is 1. The molecule has 7 nitrogen and oxygen atoms in total. The average molecular weight is 523 g/mol. The highest BCUT2D eigenvalue weighted by molar-refractivity contribution is 7.92. The lowest BCUT2D eigenvalue weighted by Gasteiger charge is -2.22. The molecular weight excluding hydrogens is 488 g/mol. The Balaban J connectivity index is 0.00000432. The summed E-state index contributed by atoms with van der Waals surface area (Å²) in [5.74, 6) is 0.720. The Kier molecular flexibility index (Phi) is 11.6. The maximum Gasteiger partial charge on any atom is 0.310 e. The molecule has 1 saturated heterocycles. The van der Waals surface area contributed by atoms with Crippen LogP contribution in [0, 0.1) is 5.92 Å². The number of piperidine rings is 1. The van der Waals surface area contributed by atoms with Crippen molar-refractivity contribution in [2.75, 3.05) is 24.4 Å². The number of carbonyl (C=O) groups excluding carboxylic acids is 1. The number of halogens is 1. The second kappa shape index (κ2) is 14.1. The number of esters is 1. The predicted octanol–water partition coefficient (Wildman–Crippen LogP) is 5.42. The fraction of sp³-hybridized carbons (Fsp3) is 0.423. The van der Waals surface area contributed by atoms with Gasteiger partial charge in [-0.05, 0) is 68.5 Å². The van der Waals surface area contributed by atoms with Crippen molar-refractivity contribution in [3.63, 3.8) is 0 Å². The number of para-hydroxylation sites is 1. The summed E-state index contributed by atoms with van der Waals surface area (Å²) >= 11 is 0. The lowest BCUT2D eigenvalue weighted by atomic mass is 9.93. The molecule has 0 saturated carbocycles. The summed E-state index contributed by atoms with van der Waals surface area (Å²) in [6.45, 7) is 7.99. The normalized spacial score (nSPS) is 14.0.